The molecule has 73 heavy (non-hydrogen) atoms. The number of carbonyl (C=O) groups is 3. The number of rotatable bonds is 56. The van der Waals surface area contributed by atoms with Gasteiger partial charge in [0, 0.05) is 19.3 Å². The summed E-state index contributed by atoms with van der Waals surface area (Å²) in [7, 11) is 0. The first kappa shape index (κ1) is 69.6. The summed E-state index contributed by atoms with van der Waals surface area (Å²) in [4.78, 5) is 38.3. The molecule has 0 amide bonds. The quantitative estimate of drug-likeness (QED) is 0.0261. The first-order valence-corrected chi connectivity index (χ1v) is 31.1. The van der Waals surface area contributed by atoms with E-state index in [1.54, 1.807) is 0 Å². The fraction of sp³-hybridized carbons (Fsp3) is 0.746. The summed E-state index contributed by atoms with van der Waals surface area (Å²) < 4.78 is 16.9. The molecule has 0 bridgehead atoms. The van der Waals surface area contributed by atoms with Crippen molar-refractivity contribution >= 4 is 17.9 Å². The number of ether oxygens (including phenoxy) is 3. The van der Waals surface area contributed by atoms with Crippen molar-refractivity contribution in [3.8, 4) is 0 Å². The molecule has 6 nitrogen and oxygen atoms in total. The van der Waals surface area contributed by atoms with Gasteiger partial charge in [0.2, 0.25) is 0 Å². The minimum Gasteiger partial charge on any atom is -0.462 e. The molecule has 0 aliphatic carbocycles. The van der Waals surface area contributed by atoms with Crippen LogP contribution in [0.4, 0.5) is 0 Å². The average molecular weight is 1020 g/mol. The molecular weight excluding hydrogens is 901 g/mol. The zero-order chi connectivity index (χ0) is 52.9. The van der Waals surface area contributed by atoms with Crippen molar-refractivity contribution in [1.82, 2.24) is 0 Å². The highest BCUT2D eigenvalue weighted by Crippen LogP contribution is 2.15. The van der Waals surface area contributed by atoms with Gasteiger partial charge in [0.05, 0.1) is 0 Å². The van der Waals surface area contributed by atoms with Gasteiger partial charge in [0.1, 0.15) is 13.2 Å². The summed E-state index contributed by atoms with van der Waals surface area (Å²) in [6, 6.07) is 0. The van der Waals surface area contributed by atoms with Crippen molar-refractivity contribution in [3.05, 3.63) is 85.1 Å². The molecule has 1 atom stereocenters. The van der Waals surface area contributed by atoms with Gasteiger partial charge in [-0.15, -0.1) is 0 Å². The minimum absolute atomic E-state index is 0.0884. The highest BCUT2D eigenvalue weighted by Gasteiger charge is 2.19. The summed E-state index contributed by atoms with van der Waals surface area (Å²) in [5.41, 5.74) is 0. The van der Waals surface area contributed by atoms with E-state index in [2.05, 4.69) is 106 Å². The Morgan fingerprint density at radius 1 is 0.274 bits per heavy atom. The van der Waals surface area contributed by atoms with Crippen LogP contribution < -0.4 is 0 Å². The first-order chi connectivity index (χ1) is 36.0. The largest absolute Gasteiger partial charge is 0.462 e. The summed E-state index contributed by atoms with van der Waals surface area (Å²) in [6.45, 7) is 6.57. The predicted molar refractivity (Wildman–Crippen MR) is 316 cm³/mol. The second kappa shape index (κ2) is 61.1. The van der Waals surface area contributed by atoms with Crippen LogP contribution in [0, 0.1) is 0 Å². The van der Waals surface area contributed by atoms with Crippen LogP contribution in [0.3, 0.4) is 0 Å². The molecule has 0 aromatic rings. The lowest BCUT2D eigenvalue weighted by Gasteiger charge is -2.18. The number of carbonyl (C=O) groups excluding carboxylic acids is 3. The van der Waals surface area contributed by atoms with Crippen LogP contribution in [0.5, 0.6) is 0 Å². The second-order valence-electron chi connectivity index (χ2n) is 20.6. The van der Waals surface area contributed by atoms with Gasteiger partial charge in [-0.2, -0.15) is 0 Å². The molecule has 0 radical (unpaired) electrons. The van der Waals surface area contributed by atoms with Gasteiger partial charge in [-0.05, 0) is 122 Å². The molecule has 0 fully saturated rings. The van der Waals surface area contributed by atoms with Crippen LogP contribution >= 0.6 is 0 Å². The molecule has 0 saturated carbocycles. The molecule has 0 aliphatic heterocycles. The minimum atomic E-state index is -0.793. The van der Waals surface area contributed by atoms with Gasteiger partial charge >= 0.3 is 17.9 Å². The first-order valence-electron chi connectivity index (χ1n) is 31.1. The maximum atomic E-state index is 12.9. The highest BCUT2D eigenvalue weighted by molar-refractivity contribution is 5.71. The van der Waals surface area contributed by atoms with Crippen molar-refractivity contribution in [1.29, 1.82) is 0 Å². The number of hydrogen-bond acceptors (Lipinski definition) is 6. The van der Waals surface area contributed by atoms with Gasteiger partial charge in [-0.1, -0.05) is 247 Å². The second-order valence-corrected chi connectivity index (χ2v) is 20.6. The fourth-order valence-electron chi connectivity index (χ4n) is 8.63. The zero-order valence-electron chi connectivity index (χ0n) is 48.1. The number of unbranched alkanes of at least 4 members (excludes halogenated alkanes) is 31. The maximum absolute atomic E-state index is 12.9. The SMILES string of the molecule is CCCCC/C=C\C/C=C\C/C=C\CCCCCCCCC(=O)OC(COC(=O)CCCCCCC/C=C\C/C=C\CCCCC)COC(=O)CCCCCCCCCCC/C=C\C/C=C\CCCCCCC. The van der Waals surface area contributed by atoms with Crippen LogP contribution in [-0.2, 0) is 28.6 Å². The van der Waals surface area contributed by atoms with Crippen LogP contribution in [0.25, 0.3) is 0 Å². The Morgan fingerprint density at radius 2 is 0.493 bits per heavy atom. The monoisotopic (exact) mass is 1020 g/mol. The van der Waals surface area contributed by atoms with Gasteiger partial charge in [0.25, 0.3) is 0 Å². The van der Waals surface area contributed by atoms with Gasteiger partial charge < -0.3 is 14.2 Å². The van der Waals surface area contributed by atoms with E-state index in [0.29, 0.717) is 19.3 Å². The van der Waals surface area contributed by atoms with Gasteiger partial charge in [-0.25, -0.2) is 0 Å². The molecule has 0 aliphatic rings. The van der Waals surface area contributed by atoms with E-state index in [1.165, 1.54) is 148 Å². The van der Waals surface area contributed by atoms with E-state index in [1.807, 2.05) is 0 Å². The Bertz CT molecular complexity index is 1400. The molecule has 0 spiro atoms. The fourth-order valence-corrected chi connectivity index (χ4v) is 8.63. The summed E-state index contributed by atoms with van der Waals surface area (Å²) >= 11 is 0. The summed E-state index contributed by atoms with van der Waals surface area (Å²) in [5.74, 6) is -0.910. The smallest absolute Gasteiger partial charge is 0.306 e. The lowest BCUT2D eigenvalue weighted by Crippen LogP contribution is -2.30. The lowest BCUT2D eigenvalue weighted by molar-refractivity contribution is -0.167. The van der Waals surface area contributed by atoms with Gasteiger partial charge in [0.15, 0.2) is 6.10 Å². The van der Waals surface area contributed by atoms with Crippen molar-refractivity contribution < 1.29 is 28.6 Å². The molecule has 0 aromatic heterocycles. The molecule has 0 saturated heterocycles. The van der Waals surface area contributed by atoms with E-state index < -0.39 is 6.10 Å². The number of allylic oxidation sites excluding steroid dienone is 14. The number of esters is 3. The average Bonchev–Trinajstić information content (AvgIpc) is 3.39. The summed E-state index contributed by atoms with van der Waals surface area (Å²) in [6.07, 6.45) is 80.0. The standard InChI is InChI=1S/C67H116O6/c1-4-7-10-13-16-19-22-25-28-30-32-33-35-36-39-42-45-48-51-54-57-60-66(69)72-63-64(62-71-65(68)59-56-53-50-47-44-41-38-27-24-21-18-15-12-9-6-3)73-67(70)61-58-55-52-49-46-43-40-37-34-31-29-26-23-20-17-14-11-8-5-2/h17-18,20-22,25-27,29-30,32,34,37-38,64H,4-16,19,23-24,28,31,33,35-36,39-63H2,1-3H3/b20-17-,21-18-,25-22-,29-26-,32-30-,37-34-,38-27-. The summed E-state index contributed by atoms with van der Waals surface area (Å²) in [5, 5.41) is 0. The molecule has 6 heteroatoms. The Labute approximate surface area is 452 Å². The Morgan fingerprint density at radius 3 is 0.795 bits per heavy atom. The maximum Gasteiger partial charge on any atom is 0.306 e. The van der Waals surface area contributed by atoms with Crippen molar-refractivity contribution in [2.45, 2.75) is 309 Å². The van der Waals surface area contributed by atoms with Crippen molar-refractivity contribution in [2.75, 3.05) is 13.2 Å². The Kier molecular flexibility index (Phi) is 58.3. The third kappa shape index (κ3) is 59.3. The Hall–Kier alpha value is -3.41. The van der Waals surface area contributed by atoms with Crippen LogP contribution in [0.15, 0.2) is 85.1 Å². The molecule has 0 rings (SSSR count). The highest BCUT2D eigenvalue weighted by atomic mass is 16.6. The van der Waals surface area contributed by atoms with Crippen LogP contribution in [0.2, 0.25) is 0 Å². The molecule has 0 aromatic carbocycles. The number of hydrogen-bond donors (Lipinski definition) is 0. The van der Waals surface area contributed by atoms with E-state index in [9.17, 15) is 14.4 Å². The van der Waals surface area contributed by atoms with E-state index in [0.717, 1.165) is 116 Å². The third-order valence-electron chi connectivity index (χ3n) is 13.3. The normalized spacial score (nSPS) is 12.6. The lowest BCUT2D eigenvalue weighted by atomic mass is 10.1. The zero-order valence-corrected chi connectivity index (χ0v) is 48.1. The molecule has 1 unspecified atom stereocenters. The third-order valence-corrected chi connectivity index (χ3v) is 13.3. The Balaban J connectivity index is 4.41. The molecule has 0 heterocycles. The van der Waals surface area contributed by atoms with E-state index in [4.69, 9.17) is 14.2 Å². The van der Waals surface area contributed by atoms with Crippen LogP contribution in [0.1, 0.15) is 303 Å². The molecule has 420 valence electrons. The van der Waals surface area contributed by atoms with Crippen LogP contribution in [-0.4, -0.2) is 37.2 Å². The topological polar surface area (TPSA) is 78.9 Å². The van der Waals surface area contributed by atoms with E-state index >= 15 is 0 Å². The molecular formula is C67H116O6. The predicted octanol–water partition coefficient (Wildman–Crippen LogP) is 21.1. The van der Waals surface area contributed by atoms with Gasteiger partial charge in [-0.3, -0.25) is 14.4 Å². The van der Waals surface area contributed by atoms with Crippen molar-refractivity contribution in [3.63, 3.8) is 0 Å². The van der Waals surface area contributed by atoms with Crippen molar-refractivity contribution in [2.24, 2.45) is 0 Å². The molecule has 0 N–H and O–H groups in total. The van der Waals surface area contributed by atoms with E-state index in [-0.39, 0.29) is 31.1 Å².